The molecule has 0 radical (unpaired) electrons. The minimum absolute atomic E-state index is 0.0852. The Bertz CT molecular complexity index is 660. The molecule has 1 fully saturated rings. The van der Waals surface area contributed by atoms with E-state index in [1.807, 2.05) is 29.2 Å². The van der Waals surface area contributed by atoms with Crippen LogP contribution in [0.4, 0.5) is 0 Å². The standard InChI is InChI=1S/C19H24N2O2/c1-2-17-7-8-18(20-17)19(23)21-10-9-16(12-21)11-14-3-5-15(13-22)6-4-14/h3-8,16,20,22H,2,9-13H2,1H3/t16-/m1/s1. The second-order valence-corrected chi connectivity index (χ2v) is 6.34. The van der Waals surface area contributed by atoms with E-state index in [9.17, 15) is 4.79 Å². The Kier molecular flexibility index (Phi) is 4.82. The number of nitrogens with zero attached hydrogens (tertiary/aromatic N) is 1. The van der Waals surface area contributed by atoms with Crippen LogP contribution in [0.1, 0.15) is 40.7 Å². The zero-order valence-corrected chi connectivity index (χ0v) is 13.6. The van der Waals surface area contributed by atoms with Gasteiger partial charge in [-0.2, -0.15) is 0 Å². The molecular formula is C19H24N2O2. The van der Waals surface area contributed by atoms with Gasteiger partial charge in [-0.1, -0.05) is 31.2 Å². The highest BCUT2D eigenvalue weighted by atomic mass is 16.3. The van der Waals surface area contributed by atoms with E-state index in [0.29, 0.717) is 11.6 Å². The van der Waals surface area contributed by atoms with Gasteiger partial charge in [-0.15, -0.1) is 0 Å². The molecule has 2 N–H and O–H groups in total. The number of H-pyrrole nitrogens is 1. The molecule has 2 aromatic rings. The molecule has 2 heterocycles. The number of hydrogen-bond donors (Lipinski definition) is 2. The first-order chi connectivity index (χ1) is 11.2. The highest BCUT2D eigenvalue weighted by Crippen LogP contribution is 2.22. The lowest BCUT2D eigenvalue weighted by molar-refractivity contribution is 0.0782. The quantitative estimate of drug-likeness (QED) is 0.892. The van der Waals surface area contributed by atoms with Crippen molar-refractivity contribution in [2.75, 3.05) is 13.1 Å². The molecule has 0 unspecified atom stereocenters. The molecule has 0 aliphatic carbocycles. The largest absolute Gasteiger partial charge is 0.392 e. The van der Waals surface area contributed by atoms with Crippen LogP contribution in [0.25, 0.3) is 0 Å². The fourth-order valence-corrected chi connectivity index (χ4v) is 3.24. The molecule has 1 aliphatic heterocycles. The number of hydrogen-bond acceptors (Lipinski definition) is 2. The monoisotopic (exact) mass is 312 g/mol. The number of carbonyl (C=O) groups excluding carboxylic acids is 1. The first kappa shape index (κ1) is 15.8. The molecule has 3 rings (SSSR count). The number of aryl methyl sites for hydroxylation is 1. The van der Waals surface area contributed by atoms with Crippen LogP contribution in [0, 0.1) is 5.92 Å². The third-order valence-corrected chi connectivity index (χ3v) is 4.66. The summed E-state index contributed by atoms with van der Waals surface area (Å²) in [6.07, 6.45) is 2.95. The van der Waals surface area contributed by atoms with Crippen LogP contribution < -0.4 is 0 Å². The zero-order chi connectivity index (χ0) is 16.2. The Morgan fingerprint density at radius 2 is 1.96 bits per heavy atom. The van der Waals surface area contributed by atoms with Crippen LogP contribution in [0.5, 0.6) is 0 Å². The summed E-state index contributed by atoms with van der Waals surface area (Å²) < 4.78 is 0. The number of carbonyl (C=O) groups is 1. The van der Waals surface area contributed by atoms with E-state index in [2.05, 4.69) is 24.0 Å². The minimum Gasteiger partial charge on any atom is -0.392 e. The van der Waals surface area contributed by atoms with Crippen molar-refractivity contribution in [1.29, 1.82) is 0 Å². The van der Waals surface area contributed by atoms with E-state index in [-0.39, 0.29) is 12.5 Å². The summed E-state index contributed by atoms with van der Waals surface area (Å²) in [4.78, 5) is 17.7. The number of nitrogens with one attached hydrogen (secondary N) is 1. The Morgan fingerprint density at radius 1 is 1.22 bits per heavy atom. The summed E-state index contributed by atoms with van der Waals surface area (Å²) in [5, 5.41) is 9.09. The molecule has 1 aliphatic rings. The van der Waals surface area contributed by atoms with Gasteiger partial charge in [0.2, 0.25) is 0 Å². The van der Waals surface area contributed by atoms with Gasteiger partial charge in [-0.05, 0) is 48.4 Å². The lowest BCUT2D eigenvalue weighted by atomic mass is 9.98. The normalized spacial score (nSPS) is 17.7. The highest BCUT2D eigenvalue weighted by Gasteiger charge is 2.27. The Labute approximate surface area is 137 Å². The van der Waals surface area contributed by atoms with Crippen molar-refractivity contribution < 1.29 is 9.90 Å². The van der Waals surface area contributed by atoms with Gasteiger partial charge in [0.15, 0.2) is 0 Å². The molecule has 23 heavy (non-hydrogen) atoms. The van der Waals surface area contributed by atoms with Crippen LogP contribution in [-0.2, 0) is 19.4 Å². The van der Waals surface area contributed by atoms with Crippen molar-refractivity contribution in [2.24, 2.45) is 5.92 Å². The maximum absolute atomic E-state index is 12.5. The molecule has 4 heteroatoms. The molecule has 1 aromatic carbocycles. The van der Waals surface area contributed by atoms with Crippen LogP contribution >= 0.6 is 0 Å². The number of aromatic amines is 1. The third-order valence-electron chi connectivity index (χ3n) is 4.66. The molecule has 1 atom stereocenters. The van der Waals surface area contributed by atoms with Crippen LogP contribution in [0.2, 0.25) is 0 Å². The fraction of sp³-hybridized carbons (Fsp3) is 0.421. The van der Waals surface area contributed by atoms with Crippen molar-refractivity contribution in [3.8, 4) is 0 Å². The number of amides is 1. The fourth-order valence-electron chi connectivity index (χ4n) is 3.24. The predicted molar refractivity (Wildman–Crippen MR) is 90.3 cm³/mol. The van der Waals surface area contributed by atoms with E-state index in [0.717, 1.165) is 43.6 Å². The van der Waals surface area contributed by atoms with Gasteiger partial charge < -0.3 is 15.0 Å². The number of benzene rings is 1. The van der Waals surface area contributed by atoms with Crippen LogP contribution in [-0.4, -0.2) is 34.0 Å². The lowest BCUT2D eigenvalue weighted by Gasteiger charge is -2.16. The summed E-state index contributed by atoms with van der Waals surface area (Å²) in [5.74, 6) is 0.627. The number of aliphatic hydroxyl groups is 1. The summed E-state index contributed by atoms with van der Waals surface area (Å²) in [6.45, 7) is 3.82. The molecule has 0 bridgehead atoms. The number of rotatable bonds is 5. The zero-order valence-electron chi connectivity index (χ0n) is 13.6. The molecule has 0 saturated carbocycles. The van der Waals surface area contributed by atoms with E-state index >= 15 is 0 Å². The summed E-state index contributed by atoms with van der Waals surface area (Å²) in [5.41, 5.74) is 4.02. The second kappa shape index (κ2) is 7.01. The molecule has 1 saturated heterocycles. The number of aromatic nitrogens is 1. The van der Waals surface area contributed by atoms with Crippen LogP contribution in [0.15, 0.2) is 36.4 Å². The Balaban J connectivity index is 1.58. The molecular weight excluding hydrogens is 288 g/mol. The van der Waals surface area contributed by atoms with Gasteiger partial charge in [0.25, 0.3) is 5.91 Å². The van der Waals surface area contributed by atoms with E-state index < -0.39 is 0 Å². The number of aliphatic hydroxyl groups excluding tert-OH is 1. The average Bonchev–Trinajstić information content (AvgIpc) is 3.24. The molecule has 4 nitrogen and oxygen atoms in total. The van der Waals surface area contributed by atoms with Crippen molar-refractivity contribution in [2.45, 2.75) is 32.8 Å². The third kappa shape index (κ3) is 3.64. The van der Waals surface area contributed by atoms with E-state index in [4.69, 9.17) is 5.11 Å². The Morgan fingerprint density at radius 3 is 2.61 bits per heavy atom. The van der Waals surface area contributed by atoms with Crippen molar-refractivity contribution in [1.82, 2.24) is 9.88 Å². The van der Waals surface area contributed by atoms with E-state index in [1.54, 1.807) is 0 Å². The van der Waals surface area contributed by atoms with E-state index in [1.165, 1.54) is 5.56 Å². The Hall–Kier alpha value is -2.07. The number of likely N-dealkylation sites (tertiary alicyclic amines) is 1. The molecule has 1 aromatic heterocycles. The maximum Gasteiger partial charge on any atom is 0.270 e. The molecule has 1 amide bonds. The second-order valence-electron chi connectivity index (χ2n) is 6.34. The first-order valence-corrected chi connectivity index (χ1v) is 8.35. The summed E-state index contributed by atoms with van der Waals surface area (Å²) in [6, 6.07) is 12.0. The van der Waals surface area contributed by atoms with Gasteiger partial charge >= 0.3 is 0 Å². The topological polar surface area (TPSA) is 56.3 Å². The van der Waals surface area contributed by atoms with Crippen LogP contribution in [0.3, 0.4) is 0 Å². The van der Waals surface area contributed by atoms with Crippen molar-refractivity contribution >= 4 is 5.91 Å². The van der Waals surface area contributed by atoms with Gasteiger partial charge in [0.05, 0.1) is 6.61 Å². The summed E-state index contributed by atoms with van der Waals surface area (Å²) >= 11 is 0. The maximum atomic E-state index is 12.5. The summed E-state index contributed by atoms with van der Waals surface area (Å²) in [7, 11) is 0. The molecule has 122 valence electrons. The van der Waals surface area contributed by atoms with Gasteiger partial charge in [0, 0.05) is 18.8 Å². The van der Waals surface area contributed by atoms with Gasteiger partial charge in [-0.25, -0.2) is 0 Å². The lowest BCUT2D eigenvalue weighted by Crippen LogP contribution is -2.29. The van der Waals surface area contributed by atoms with Gasteiger partial charge in [0.1, 0.15) is 5.69 Å². The van der Waals surface area contributed by atoms with Crippen molar-refractivity contribution in [3.63, 3.8) is 0 Å². The average molecular weight is 312 g/mol. The SMILES string of the molecule is CCc1ccc(C(=O)N2CC[C@H](Cc3ccc(CO)cc3)C2)[nH]1. The van der Waals surface area contributed by atoms with Gasteiger partial charge in [-0.3, -0.25) is 4.79 Å². The molecule has 0 spiro atoms. The first-order valence-electron chi connectivity index (χ1n) is 8.35. The minimum atomic E-state index is 0.0852. The highest BCUT2D eigenvalue weighted by molar-refractivity contribution is 5.92. The van der Waals surface area contributed by atoms with Crippen molar-refractivity contribution in [3.05, 3.63) is 58.9 Å². The predicted octanol–water partition coefficient (Wildman–Crippen LogP) is 2.77. The smallest absolute Gasteiger partial charge is 0.270 e.